The van der Waals surface area contributed by atoms with E-state index in [0.29, 0.717) is 31.0 Å². The Bertz CT molecular complexity index is 534. The van der Waals surface area contributed by atoms with Crippen LogP contribution in [0.25, 0.3) is 0 Å². The molecule has 1 aromatic carbocycles. The summed E-state index contributed by atoms with van der Waals surface area (Å²) >= 11 is 1.79. The molecule has 0 aliphatic carbocycles. The lowest BCUT2D eigenvalue weighted by Crippen LogP contribution is -2.40. The third kappa shape index (κ3) is 5.20. The molecule has 0 radical (unpaired) electrons. The molecule has 2 aliphatic heterocycles. The molecule has 1 aromatic rings. The van der Waals surface area contributed by atoms with E-state index < -0.39 is 0 Å². The lowest BCUT2D eigenvalue weighted by Gasteiger charge is -2.33. The minimum absolute atomic E-state index is 0.291. The topological polar surface area (TPSA) is 46.9 Å². The minimum Gasteiger partial charge on any atom is -0.396 e. The van der Waals surface area contributed by atoms with Crippen molar-refractivity contribution in [1.29, 1.82) is 0 Å². The first-order valence-electron chi connectivity index (χ1n) is 9.51. The molecule has 2 N–H and O–H groups in total. The number of aliphatic hydroxyl groups is 2. The number of aliphatic hydroxyl groups excluding tert-OH is 2. The summed E-state index contributed by atoms with van der Waals surface area (Å²) < 4.78 is 0. The molecule has 4 nitrogen and oxygen atoms in total. The van der Waals surface area contributed by atoms with Crippen LogP contribution < -0.4 is 0 Å². The quantitative estimate of drug-likeness (QED) is 0.726. The summed E-state index contributed by atoms with van der Waals surface area (Å²) in [5, 5.41) is 19.1. The second-order valence-corrected chi connectivity index (χ2v) is 8.55. The van der Waals surface area contributed by atoms with Gasteiger partial charge in [0, 0.05) is 44.3 Å². The molecule has 0 unspecified atom stereocenters. The molecule has 3 rings (SSSR count). The smallest absolute Gasteiger partial charge is 0.0475 e. The number of thioether (sulfide) groups is 1. The van der Waals surface area contributed by atoms with Gasteiger partial charge in [-0.3, -0.25) is 4.90 Å². The van der Waals surface area contributed by atoms with E-state index in [2.05, 4.69) is 40.3 Å². The Morgan fingerprint density at radius 1 is 1.04 bits per heavy atom. The van der Waals surface area contributed by atoms with Gasteiger partial charge in [0.25, 0.3) is 0 Å². The van der Waals surface area contributed by atoms with Gasteiger partial charge < -0.3 is 15.1 Å². The Hall–Kier alpha value is -0.590. The molecule has 25 heavy (non-hydrogen) atoms. The van der Waals surface area contributed by atoms with Crippen molar-refractivity contribution in [3.8, 4) is 0 Å². The zero-order valence-electron chi connectivity index (χ0n) is 15.3. The molecule has 5 heteroatoms. The van der Waals surface area contributed by atoms with Crippen LogP contribution in [0.2, 0.25) is 0 Å². The predicted molar refractivity (Wildman–Crippen MR) is 104 cm³/mol. The summed E-state index contributed by atoms with van der Waals surface area (Å²) in [6.07, 6.45) is 4.34. The second-order valence-electron chi connectivity index (χ2n) is 7.67. The fraction of sp³-hybridized carbons (Fsp3) is 0.700. The van der Waals surface area contributed by atoms with Crippen molar-refractivity contribution in [3.63, 3.8) is 0 Å². The number of piperidine rings is 1. The Kier molecular flexibility index (Phi) is 7.19. The van der Waals surface area contributed by atoms with Crippen molar-refractivity contribution < 1.29 is 10.2 Å². The first kappa shape index (κ1) is 19.2. The van der Waals surface area contributed by atoms with E-state index in [9.17, 15) is 10.2 Å². The highest BCUT2D eigenvalue weighted by Gasteiger charge is 2.34. The standard InChI is InChI=1S/C20H32N2O2S/c1-25-20-4-2-3-17(9-20)10-22-12-18(19(13-22)15-24)11-21-7-5-16(14-23)6-8-21/h2-4,9,16,18-19,23-24H,5-8,10-15H2,1H3/t18-,19-/m0/s1. The molecular formula is C20H32N2O2S. The number of nitrogens with zero attached hydrogens (tertiary/aromatic N) is 2. The van der Waals surface area contributed by atoms with Crippen LogP contribution >= 0.6 is 11.8 Å². The number of likely N-dealkylation sites (tertiary alicyclic amines) is 2. The lowest BCUT2D eigenvalue weighted by molar-refractivity contribution is 0.106. The van der Waals surface area contributed by atoms with Crippen molar-refractivity contribution in [2.45, 2.75) is 24.3 Å². The Morgan fingerprint density at radius 2 is 1.80 bits per heavy atom. The molecule has 0 spiro atoms. The number of hydrogen-bond donors (Lipinski definition) is 2. The third-order valence-electron chi connectivity index (χ3n) is 5.88. The fourth-order valence-electron chi connectivity index (χ4n) is 4.29. The molecular weight excluding hydrogens is 332 g/mol. The molecule has 0 aromatic heterocycles. The average Bonchev–Trinajstić information content (AvgIpc) is 3.03. The highest BCUT2D eigenvalue weighted by atomic mass is 32.2. The van der Waals surface area contributed by atoms with Gasteiger partial charge in [-0.2, -0.15) is 0 Å². The van der Waals surface area contributed by atoms with Crippen LogP contribution in [-0.2, 0) is 6.54 Å². The van der Waals surface area contributed by atoms with Gasteiger partial charge in [-0.25, -0.2) is 0 Å². The summed E-state index contributed by atoms with van der Waals surface area (Å²) in [5.74, 6) is 1.44. The molecule has 2 fully saturated rings. The van der Waals surface area contributed by atoms with Crippen LogP contribution in [0.5, 0.6) is 0 Å². The molecule has 0 amide bonds. The monoisotopic (exact) mass is 364 g/mol. The molecule has 0 bridgehead atoms. The normalized spacial score (nSPS) is 26.4. The van der Waals surface area contributed by atoms with Crippen LogP contribution in [-0.4, -0.2) is 72.2 Å². The maximum absolute atomic E-state index is 9.83. The van der Waals surface area contributed by atoms with Gasteiger partial charge in [0.2, 0.25) is 0 Å². The maximum atomic E-state index is 9.83. The number of rotatable bonds is 7. The van der Waals surface area contributed by atoms with Crippen LogP contribution in [0, 0.1) is 17.8 Å². The van der Waals surface area contributed by atoms with E-state index in [4.69, 9.17) is 0 Å². The zero-order chi connectivity index (χ0) is 17.6. The SMILES string of the molecule is CSc1cccc(CN2C[C@@H](CO)[C@@H](CN3CCC(CO)CC3)C2)c1. The van der Waals surface area contributed by atoms with E-state index >= 15 is 0 Å². The minimum atomic E-state index is 0.291. The fourth-order valence-corrected chi connectivity index (χ4v) is 4.77. The Balaban J connectivity index is 1.53. The largest absolute Gasteiger partial charge is 0.396 e. The van der Waals surface area contributed by atoms with Crippen LogP contribution in [0.1, 0.15) is 18.4 Å². The lowest BCUT2D eigenvalue weighted by atomic mass is 9.93. The van der Waals surface area contributed by atoms with E-state index in [-0.39, 0.29) is 0 Å². The molecule has 2 aliphatic rings. The summed E-state index contributed by atoms with van der Waals surface area (Å²) in [6, 6.07) is 8.79. The van der Waals surface area contributed by atoms with Crippen molar-refractivity contribution in [2.75, 3.05) is 52.2 Å². The Labute approximate surface area is 156 Å². The number of hydrogen-bond acceptors (Lipinski definition) is 5. The van der Waals surface area contributed by atoms with Crippen LogP contribution in [0.3, 0.4) is 0 Å². The highest BCUT2D eigenvalue weighted by molar-refractivity contribution is 7.98. The van der Waals surface area contributed by atoms with Gasteiger partial charge in [0.1, 0.15) is 0 Å². The van der Waals surface area contributed by atoms with Gasteiger partial charge in [-0.1, -0.05) is 12.1 Å². The average molecular weight is 365 g/mol. The van der Waals surface area contributed by atoms with E-state index in [1.54, 1.807) is 11.8 Å². The van der Waals surface area contributed by atoms with E-state index in [1.165, 1.54) is 10.5 Å². The molecule has 0 saturated carbocycles. The summed E-state index contributed by atoms with van der Waals surface area (Å²) in [5.41, 5.74) is 1.37. The zero-order valence-corrected chi connectivity index (χ0v) is 16.1. The third-order valence-corrected chi connectivity index (χ3v) is 6.61. The van der Waals surface area contributed by atoms with Gasteiger partial charge in [0.15, 0.2) is 0 Å². The van der Waals surface area contributed by atoms with Gasteiger partial charge in [-0.15, -0.1) is 11.8 Å². The van der Waals surface area contributed by atoms with Crippen LogP contribution in [0.4, 0.5) is 0 Å². The molecule has 2 heterocycles. The molecule has 2 atom stereocenters. The van der Waals surface area contributed by atoms with Gasteiger partial charge in [-0.05, 0) is 67.6 Å². The molecule has 140 valence electrons. The second kappa shape index (κ2) is 9.38. The van der Waals surface area contributed by atoms with E-state index in [1.807, 2.05) is 0 Å². The van der Waals surface area contributed by atoms with Gasteiger partial charge in [0.05, 0.1) is 0 Å². The van der Waals surface area contributed by atoms with Gasteiger partial charge >= 0.3 is 0 Å². The first-order valence-corrected chi connectivity index (χ1v) is 10.7. The van der Waals surface area contributed by atoms with Crippen LogP contribution in [0.15, 0.2) is 29.2 Å². The number of benzene rings is 1. The molecule has 2 saturated heterocycles. The van der Waals surface area contributed by atoms with Crippen molar-refractivity contribution in [3.05, 3.63) is 29.8 Å². The first-order chi connectivity index (χ1) is 12.2. The summed E-state index contributed by atoms with van der Waals surface area (Å²) in [7, 11) is 0. The predicted octanol–water partition coefficient (Wildman–Crippen LogP) is 2.15. The highest BCUT2D eigenvalue weighted by Crippen LogP contribution is 2.28. The van der Waals surface area contributed by atoms with E-state index in [0.717, 1.165) is 52.1 Å². The summed E-state index contributed by atoms with van der Waals surface area (Å²) in [6.45, 7) is 6.95. The van der Waals surface area contributed by atoms with Crippen molar-refractivity contribution >= 4 is 11.8 Å². The van der Waals surface area contributed by atoms with Crippen molar-refractivity contribution in [1.82, 2.24) is 9.80 Å². The Morgan fingerprint density at radius 3 is 2.48 bits per heavy atom. The van der Waals surface area contributed by atoms with Crippen molar-refractivity contribution in [2.24, 2.45) is 17.8 Å². The summed E-state index contributed by atoms with van der Waals surface area (Å²) in [4.78, 5) is 6.36. The maximum Gasteiger partial charge on any atom is 0.0475 e.